The molecule has 1 heterocycles. The molecule has 0 saturated heterocycles. The molecule has 1 aromatic rings. The number of nitrogens with zero attached hydrogens (tertiary/aromatic N) is 1. The zero-order valence-corrected chi connectivity index (χ0v) is 9.97. The third-order valence-corrected chi connectivity index (χ3v) is 2.98. The summed E-state index contributed by atoms with van der Waals surface area (Å²) in [6.07, 6.45) is 3.85. The summed E-state index contributed by atoms with van der Waals surface area (Å²) in [6, 6.07) is 3.74. The van der Waals surface area contributed by atoms with Gasteiger partial charge in [-0.1, -0.05) is 0 Å². The number of methoxy groups -OCH3 is 2. The molecule has 0 unspecified atom stereocenters. The fourth-order valence-corrected chi connectivity index (χ4v) is 1.86. The highest BCUT2D eigenvalue weighted by Gasteiger charge is 2.30. The smallest absolute Gasteiger partial charge is 0.341 e. The summed E-state index contributed by atoms with van der Waals surface area (Å²) in [7, 11) is 3.07. The molecule has 1 aliphatic rings. The maximum atomic E-state index is 11.5. The fourth-order valence-electron chi connectivity index (χ4n) is 1.86. The van der Waals surface area contributed by atoms with E-state index in [-0.39, 0.29) is 5.97 Å². The lowest BCUT2D eigenvalue weighted by atomic mass is 9.89. The molecule has 1 aromatic heterocycles. The first kappa shape index (κ1) is 11.9. The van der Waals surface area contributed by atoms with E-state index in [0.717, 1.165) is 12.8 Å². The van der Waals surface area contributed by atoms with Gasteiger partial charge in [-0.15, -0.1) is 0 Å². The second-order valence-corrected chi connectivity index (χ2v) is 4.06. The fraction of sp³-hybridized carbons (Fsp3) is 0.500. The predicted octanol–water partition coefficient (Wildman–Crippen LogP) is 1.46. The molecule has 0 spiro atoms. The van der Waals surface area contributed by atoms with Crippen LogP contribution in [0.5, 0.6) is 0 Å². The summed E-state index contributed by atoms with van der Waals surface area (Å²) in [5, 5.41) is 3.23. The lowest BCUT2D eigenvalue weighted by molar-refractivity contribution is 0.0327. The molecular formula is C12H16N2O3. The van der Waals surface area contributed by atoms with Gasteiger partial charge in [0, 0.05) is 19.3 Å². The zero-order valence-electron chi connectivity index (χ0n) is 9.97. The maximum absolute atomic E-state index is 11.5. The summed E-state index contributed by atoms with van der Waals surface area (Å²) < 4.78 is 9.91. The molecule has 0 amide bonds. The summed E-state index contributed by atoms with van der Waals surface area (Å²) in [5.74, 6) is 0.210. The van der Waals surface area contributed by atoms with Crippen molar-refractivity contribution < 1.29 is 14.3 Å². The number of rotatable bonds is 4. The number of carbonyl (C=O) groups is 1. The number of hydrogen-bond donors (Lipinski definition) is 1. The standard InChI is InChI=1S/C12H16N2O3/c1-16-9-6-8(7-9)14-11-10(12(15)17-2)4-3-5-13-11/h3-5,8-9H,6-7H2,1-2H3,(H,13,14). The minimum Gasteiger partial charge on any atom is -0.465 e. The summed E-state index contributed by atoms with van der Waals surface area (Å²) in [6.45, 7) is 0. The Labute approximate surface area is 100 Å². The molecule has 0 bridgehead atoms. The average molecular weight is 236 g/mol. The Kier molecular flexibility index (Phi) is 3.58. The van der Waals surface area contributed by atoms with Crippen LogP contribution >= 0.6 is 0 Å². The van der Waals surface area contributed by atoms with Gasteiger partial charge in [-0.25, -0.2) is 9.78 Å². The molecule has 92 valence electrons. The topological polar surface area (TPSA) is 60.5 Å². The van der Waals surface area contributed by atoms with E-state index in [4.69, 9.17) is 9.47 Å². The number of esters is 1. The van der Waals surface area contributed by atoms with Gasteiger partial charge >= 0.3 is 5.97 Å². The number of hydrogen-bond acceptors (Lipinski definition) is 5. The van der Waals surface area contributed by atoms with Gasteiger partial charge in [0.15, 0.2) is 0 Å². The van der Waals surface area contributed by atoms with Crippen molar-refractivity contribution in [2.24, 2.45) is 0 Å². The van der Waals surface area contributed by atoms with Crippen LogP contribution in [0.25, 0.3) is 0 Å². The minimum absolute atomic E-state index is 0.317. The zero-order chi connectivity index (χ0) is 12.3. The van der Waals surface area contributed by atoms with Gasteiger partial charge in [0.05, 0.1) is 13.2 Å². The summed E-state index contributed by atoms with van der Waals surface area (Å²) in [4.78, 5) is 15.7. The SMILES string of the molecule is COC(=O)c1cccnc1NC1CC(OC)C1. The molecule has 1 saturated carbocycles. The molecule has 1 N–H and O–H groups in total. The first-order valence-corrected chi connectivity index (χ1v) is 5.57. The van der Waals surface area contributed by atoms with Gasteiger partial charge in [0.2, 0.25) is 0 Å². The quantitative estimate of drug-likeness (QED) is 0.802. The molecular weight excluding hydrogens is 220 g/mol. The molecule has 17 heavy (non-hydrogen) atoms. The van der Waals surface area contributed by atoms with E-state index >= 15 is 0 Å². The van der Waals surface area contributed by atoms with Crippen LogP contribution in [0.3, 0.4) is 0 Å². The van der Waals surface area contributed by atoms with Crippen LogP contribution in [0.2, 0.25) is 0 Å². The molecule has 2 rings (SSSR count). The van der Waals surface area contributed by atoms with Gasteiger partial charge < -0.3 is 14.8 Å². The molecule has 0 atom stereocenters. The van der Waals surface area contributed by atoms with Crippen molar-refractivity contribution in [1.82, 2.24) is 4.98 Å². The number of anilines is 1. The first-order chi connectivity index (χ1) is 8.24. The van der Waals surface area contributed by atoms with E-state index in [1.165, 1.54) is 7.11 Å². The lowest BCUT2D eigenvalue weighted by Gasteiger charge is -2.35. The molecule has 0 aromatic carbocycles. The van der Waals surface area contributed by atoms with Crippen LogP contribution in [0, 0.1) is 0 Å². The number of aromatic nitrogens is 1. The highest BCUT2D eigenvalue weighted by molar-refractivity contribution is 5.94. The highest BCUT2D eigenvalue weighted by atomic mass is 16.5. The number of ether oxygens (including phenoxy) is 2. The van der Waals surface area contributed by atoms with E-state index < -0.39 is 0 Å². The van der Waals surface area contributed by atoms with Crippen molar-refractivity contribution in [2.75, 3.05) is 19.5 Å². The normalized spacial score (nSPS) is 22.7. The number of pyridine rings is 1. The van der Waals surface area contributed by atoms with Gasteiger partial charge in [0.25, 0.3) is 0 Å². The lowest BCUT2D eigenvalue weighted by Crippen LogP contribution is -2.40. The van der Waals surface area contributed by atoms with Crippen molar-refractivity contribution in [3.05, 3.63) is 23.9 Å². The van der Waals surface area contributed by atoms with Crippen molar-refractivity contribution >= 4 is 11.8 Å². The monoisotopic (exact) mass is 236 g/mol. The molecule has 5 nitrogen and oxygen atoms in total. The Morgan fingerprint density at radius 1 is 1.47 bits per heavy atom. The van der Waals surface area contributed by atoms with Crippen LogP contribution in [-0.4, -0.2) is 37.3 Å². The largest absolute Gasteiger partial charge is 0.465 e. The predicted molar refractivity (Wildman–Crippen MR) is 63.0 cm³/mol. The maximum Gasteiger partial charge on any atom is 0.341 e. The van der Waals surface area contributed by atoms with Crippen molar-refractivity contribution in [2.45, 2.75) is 25.0 Å². The third-order valence-electron chi connectivity index (χ3n) is 2.98. The van der Waals surface area contributed by atoms with Crippen LogP contribution < -0.4 is 5.32 Å². The van der Waals surface area contributed by atoms with E-state index in [9.17, 15) is 4.79 Å². The molecule has 1 aliphatic carbocycles. The number of carbonyl (C=O) groups excluding carboxylic acids is 1. The Morgan fingerprint density at radius 3 is 2.88 bits per heavy atom. The minimum atomic E-state index is -0.372. The van der Waals surface area contributed by atoms with E-state index in [2.05, 4.69) is 10.3 Å². The third kappa shape index (κ3) is 2.55. The van der Waals surface area contributed by atoms with E-state index in [0.29, 0.717) is 23.5 Å². The van der Waals surface area contributed by atoms with E-state index in [1.807, 2.05) is 0 Å². The van der Waals surface area contributed by atoms with Gasteiger partial charge in [-0.05, 0) is 25.0 Å². The highest BCUT2D eigenvalue weighted by Crippen LogP contribution is 2.26. The average Bonchev–Trinajstić information content (AvgIpc) is 2.32. The second-order valence-electron chi connectivity index (χ2n) is 4.06. The molecule has 0 aliphatic heterocycles. The van der Waals surface area contributed by atoms with Crippen molar-refractivity contribution in [1.29, 1.82) is 0 Å². The number of nitrogens with one attached hydrogen (secondary N) is 1. The Balaban J connectivity index is 2.03. The van der Waals surface area contributed by atoms with Gasteiger partial charge in [-0.2, -0.15) is 0 Å². The molecule has 0 radical (unpaired) electrons. The molecule has 1 fully saturated rings. The van der Waals surface area contributed by atoms with Gasteiger partial charge in [0.1, 0.15) is 11.4 Å². The van der Waals surface area contributed by atoms with Crippen LogP contribution in [-0.2, 0) is 9.47 Å². The van der Waals surface area contributed by atoms with E-state index in [1.54, 1.807) is 25.4 Å². The second kappa shape index (κ2) is 5.14. The Morgan fingerprint density at radius 2 is 2.24 bits per heavy atom. The molecule has 5 heteroatoms. The van der Waals surface area contributed by atoms with Crippen LogP contribution in [0.15, 0.2) is 18.3 Å². The van der Waals surface area contributed by atoms with Crippen LogP contribution in [0.1, 0.15) is 23.2 Å². The van der Waals surface area contributed by atoms with Crippen LogP contribution in [0.4, 0.5) is 5.82 Å². The van der Waals surface area contributed by atoms with Gasteiger partial charge in [-0.3, -0.25) is 0 Å². The van der Waals surface area contributed by atoms with Crippen molar-refractivity contribution in [3.63, 3.8) is 0 Å². The Hall–Kier alpha value is -1.62. The van der Waals surface area contributed by atoms with Crippen molar-refractivity contribution in [3.8, 4) is 0 Å². The Bertz CT molecular complexity index is 402. The summed E-state index contributed by atoms with van der Waals surface area (Å²) in [5.41, 5.74) is 0.468. The summed E-state index contributed by atoms with van der Waals surface area (Å²) >= 11 is 0. The first-order valence-electron chi connectivity index (χ1n) is 5.57.